The average molecular weight is 309 g/mol. The van der Waals surface area contributed by atoms with Gasteiger partial charge in [0.05, 0.1) is 4.34 Å². The molecule has 2 aromatic rings. The van der Waals surface area contributed by atoms with Crippen LogP contribution in [0.15, 0.2) is 36.4 Å². The highest BCUT2D eigenvalue weighted by Gasteiger charge is 2.07. The van der Waals surface area contributed by atoms with Crippen LogP contribution in [0.4, 0.5) is 5.69 Å². The first kappa shape index (κ1) is 15.0. The molecule has 2 N–H and O–H groups in total. The van der Waals surface area contributed by atoms with Crippen molar-refractivity contribution in [2.45, 2.75) is 26.4 Å². The summed E-state index contributed by atoms with van der Waals surface area (Å²) in [7, 11) is 0. The number of rotatable bonds is 5. The highest BCUT2D eigenvalue weighted by molar-refractivity contribution is 7.16. The first-order chi connectivity index (χ1) is 9.54. The molecule has 0 aliphatic rings. The van der Waals surface area contributed by atoms with Crippen LogP contribution in [0.3, 0.4) is 0 Å². The van der Waals surface area contributed by atoms with Gasteiger partial charge in [0.2, 0.25) is 5.91 Å². The van der Waals surface area contributed by atoms with Crippen molar-refractivity contribution >= 4 is 34.5 Å². The van der Waals surface area contributed by atoms with Crippen LogP contribution >= 0.6 is 22.9 Å². The Morgan fingerprint density at radius 1 is 1.35 bits per heavy atom. The van der Waals surface area contributed by atoms with E-state index < -0.39 is 0 Å². The Hall–Kier alpha value is -1.36. The second-order valence-electron chi connectivity index (χ2n) is 4.62. The van der Waals surface area contributed by atoms with Gasteiger partial charge in [-0.2, -0.15) is 0 Å². The molecule has 1 heterocycles. The third-order valence-electron chi connectivity index (χ3n) is 2.92. The molecule has 0 saturated carbocycles. The first-order valence-electron chi connectivity index (χ1n) is 6.40. The summed E-state index contributed by atoms with van der Waals surface area (Å²) in [6, 6.07) is 12.0. The van der Waals surface area contributed by atoms with Crippen molar-refractivity contribution in [2.75, 3.05) is 5.32 Å². The normalized spacial score (nSPS) is 12.2. The standard InChI is InChI=1S/C15H17ClN2OS/c1-10(17-9-14-6-7-15(16)20-14)12-4-3-5-13(8-12)18-11(2)19/h3-8,10,17H,9H2,1-2H3,(H,18,19). The molecule has 1 aromatic carbocycles. The minimum Gasteiger partial charge on any atom is -0.326 e. The van der Waals surface area contributed by atoms with Crippen LogP contribution in [0.2, 0.25) is 4.34 Å². The van der Waals surface area contributed by atoms with Crippen molar-refractivity contribution in [1.29, 1.82) is 0 Å². The highest BCUT2D eigenvalue weighted by atomic mass is 35.5. The number of carbonyl (C=O) groups excluding carboxylic acids is 1. The van der Waals surface area contributed by atoms with Crippen molar-refractivity contribution in [3.63, 3.8) is 0 Å². The molecule has 0 fully saturated rings. The fourth-order valence-electron chi connectivity index (χ4n) is 1.91. The van der Waals surface area contributed by atoms with Gasteiger partial charge in [0.1, 0.15) is 0 Å². The van der Waals surface area contributed by atoms with Crippen molar-refractivity contribution in [1.82, 2.24) is 5.32 Å². The molecule has 1 unspecified atom stereocenters. The Kier molecular flexibility index (Phi) is 5.17. The smallest absolute Gasteiger partial charge is 0.221 e. The van der Waals surface area contributed by atoms with Crippen molar-refractivity contribution in [3.05, 3.63) is 51.2 Å². The Bertz CT molecular complexity index is 597. The molecule has 5 heteroatoms. The number of carbonyl (C=O) groups is 1. The number of amides is 1. The number of hydrogen-bond acceptors (Lipinski definition) is 3. The Labute approximate surface area is 128 Å². The Balaban J connectivity index is 1.97. The van der Waals surface area contributed by atoms with E-state index in [2.05, 4.69) is 17.6 Å². The number of benzene rings is 1. The highest BCUT2D eigenvalue weighted by Crippen LogP contribution is 2.23. The predicted molar refractivity (Wildman–Crippen MR) is 85.3 cm³/mol. The molecule has 1 aromatic heterocycles. The molecule has 0 aliphatic carbocycles. The van der Waals surface area contributed by atoms with Gasteiger partial charge in [0, 0.05) is 30.1 Å². The summed E-state index contributed by atoms with van der Waals surface area (Å²) < 4.78 is 0.808. The summed E-state index contributed by atoms with van der Waals surface area (Å²) in [6.45, 7) is 4.39. The average Bonchev–Trinajstić information content (AvgIpc) is 2.81. The summed E-state index contributed by atoms with van der Waals surface area (Å²) in [6.07, 6.45) is 0. The van der Waals surface area contributed by atoms with Crippen molar-refractivity contribution < 1.29 is 4.79 Å². The molecule has 0 aliphatic heterocycles. The van der Waals surface area contributed by atoms with Gasteiger partial charge in [-0.15, -0.1) is 11.3 Å². The summed E-state index contributed by atoms with van der Waals surface area (Å²) in [4.78, 5) is 12.3. The number of halogens is 1. The molecule has 20 heavy (non-hydrogen) atoms. The number of thiophene rings is 1. The van der Waals surface area contributed by atoms with E-state index in [1.54, 1.807) is 11.3 Å². The molecular formula is C15H17ClN2OS. The number of nitrogens with one attached hydrogen (secondary N) is 2. The van der Waals surface area contributed by atoms with E-state index in [-0.39, 0.29) is 11.9 Å². The van der Waals surface area contributed by atoms with Gasteiger partial charge < -0.3 is 10.6 Å². The maximum atomic E-state index is 11.1. The van der Waals surface area contributed by atoms with E-state index >= 15 is 0 Å². The topological polar surface area (TPSA) is 41.1 Å². The summed E-state index contributed by atoms with van der Waals surface area (Å²) in [5, 5.41) is 6.24. The minimum atomic E-state index is -0.0593. The lowest BCUT2D eigenvalue weighted by molar-refractivity contribution is -0.114. The predicted octanol–water partition coefficient (Wildman–Crippen LogP) is 4.21. The first-order valence-corrected chi connectivity index (χ1v) is 7.59. The van der Waals surface area contributed by atoms with Crippen LogP contribution in [0.5, 0.6) is 0 Å². The molecule has 0 saturated heterocycles. The molecule has 0 spiro atoms. The van der Waals surface area contributed by atoms with E-state index in [0.717, 1.165) is 22.1 Å². The summed E-state index contributed by atoms with van der Waals surface area (Å²) in [5.41, 5.74) is 1.96. The van der Waals surface area contributed by atoms with E-state index in [1.807, 2.05) is 36.4 Å². The zero-order valence-electron chi connectivity index (χ0n) is 11.4. The third kappa shape index (κ3) is 4.34. The summed E-state index contributed by atoms with van der Waals surface area (Å²) >= 11 is 7.49. The van der Waals surface area contributed by atoms with Crippen LogP contribution in [-0.2, 0) is 11.3 Å². The number of anilines is 1. The largest absolute Gasteiger partial charge is 0.326 e. The molecule has 0 bridgehead atoms. The van der Waals surface area contributed by atoms with E-state index in [1.165, 1.54) is 11.8 Å². The van der Waals surface area contributed by atoms with E-state index in [0.29, 0.717) is 0 Å². The molecule has 0 radical (unpaired) electrons. The molecule has 1 atom stereocenters. The van der Waals surface area contributed by atoms with Gasteiger partial charge in [0.15, 0.2) is 0 Å². The lowest BCUT2D eigenvalue weighted by Gasteiger charge is -2.15. The lowest BCUT2D eigenvalue weighted by Crippen LogP contribution is -2.17. The van der Waals surface area contributed by atoms with E-state index in [4.69, 9.17) is 11.6 Å². The SMILES string of the molecule is CC(=O)Nc1cccc(C(C)NCc2ccc(Cl)s2)c1. The van der Waals surface area contributed by atoms with Crippen LogP contribution in [0.1, 0.15) is 30.3 Å². The second kappa shape index (κ2) is 6.88. The monoisotopic (exact) mass is 308 g/mol. The zero-order chi connectivity index (χ0) is 14.5. The minimum absolute atomic E-state index is 0.0593. The van der Waals surface area contributed by atoms with Gasteiger partial charge in [-0.25, -0.2) is 0 Å². The van der Waals surface area contributed by atoms with Gasteiger partial charge >= 0.3 is 0 Å². The van der Waals surface area contributed by atoms with Gasteiger partial charge in [0.25, 0.3) is 0 Å². The summed E-state index contributed by atoms with van der Waals surface area (Å²) in [5.74, 6) is -0.0593. The lowest BCUT2D eigenvalue weighted by atomic mass is 10.1. The zero-order valence-corrected chi connectivity index (χ0v) is 13.0. The fraction of sp³-hybridized carbons (Fsp3) is 0.267. The van der Waals surface area contributed by atoms with Crippen molar-refractivity contribution in [2.24, 2.45) is 0 Å². The van der Waals surface area contributed by atoms with Crippen molar-refractivity contribution in [3.8, 4) is 0 Å². The molecule has 2 rings (SSSR count). The second-order valence-corrected chi connectivity index (χ2v) is 6.41. The van der Waals surface area contributed by atoms with Crippen LogP contribution in [-0.4, -0.2) is 5.91 Å². The van der Waals surface area contributed by atoms with Crippen LogP contribution in [0.25, 0.3) is 0 Å². The van der Waals surface area contributed by atoms with Crippen LogP contribution in [0, 0.1) is 0 Å². The maximum Gasteiger partial charge on any atom is 0.221 e. The quantitative estimate of drug-likeness (QED) is 0.868. The molecule has 1 amide bonds. The Morgan fingerprint density at radius 3 is 2.80 bits per heavy atom. The van der Waals surface area contributed by atoms with Gasteiger partial charge in [-0.1, -0.05) is 23.7 Å². The maximum absolute atomic E-state index is 11.1. The van der Waals surface area contributed by atoms with E-state index in [9.17, 15) is 4.79 Å². The number of hydrogen-bond donors (Lipinski definition) is 2. The van der Waals surface area contributed by atoms with Gasteiger partial charge in [-0.3, -0.25) is 4.79 Å². The van der Waals surface area contributed by atoms with Crippen LogP contribution < -0.4 is 10.6 Å². The van der Waals surface area contributed by atoms with Gasteiger partial charge in [-0.05, 0) is 36.8 Å². The fourth-order valence-corrected chi connectivity index (χ4v) is 2.95. The molecular weight excluding hydrogens is 292 g/mol. The third-order valence-corrected chi connectivity index (χ3v) is 4.15. The Morgan fingerprint density at radius 2 is 2.15 bits per heavy atom. The molecule has 106 valence electrons. The molecule has 3 nitrogen and oxygen atoms in total.